The van der Waals surface area contributed by atoms with Crippen LogP contribution in [0, 0.1) is 11.7 Å². The molecule has 0 atom stereocenters. The second kappa shape index (κ2) is 6.54. The van der Waals surface area contributed by atoms with Crippen molar-refractivity contribution in [3.63, 3.8) is 0 Å². The van der Waals surface area contributed by atoms with Crippen LogP contribution in [0.2, 0.25) is 0 Å². The lowest BCUT2D eigenvalue weighted by Crippen LogP contribution is -2.36. The van der Waals surface area contributed by atoms with Crippen molar-refractivity contribution in [3.05, 3.63) is 28.0 Å². The van der Waals surface area contributed by atoms with E-state index in [9.17, 15) is 9.18 Å². The average Bonchev–Trinajstić information content (AvgIpc) is 2.38. The number of nitrogens with zero attached hydrogens (tertiary/aromatic N) is 1. The number of piperidine rings is 1. The highest BCUT2D eigenvalue weighted by Gasteiger charge is 2.24. The van der Waals surface area contributed by atoms with E-state index in [0.29, 0.717) is 16.1 Å². The minimum Gasteiger partial charge on any atom is -0.384 e. The van der Waals surface area contributed by atoms with Gasteiger partial charge in [-0.15, -0.1) is 0 Å². The molecule has 1 amide bonds. The Bertz CT molecular complexity index is 502. The summed E-state index contributed by atoms with van der Waals surface area (Å²) in [5.41, 5.74) is 5.85. The molecule has 2 rings (SSSR count). The SMILES string of the molecule is COCC1CCN(c2cc(Br)cc(F)c2C(N)=O)CC1. The number of nitrogens with two attached hydrogens (primary N) is 1. The minimum absolute atomic E-state index is 0.0293. The molecule has 2 N–H and O–H groups in total. The predicted octanol–water partition coefficient (Wildman–Crippen LogP) is 2.55. The van der Waals surface area contributed by atoms with Crippen LogP contribution >= 0.6 is 15.9 Å². The van der Waals surface area contributed by atoms with Crippen molar-refractivity contribution in [1.82, 2.24) is 0 Å². The maximum absolute atomic E-state index is 13.9. The van der Waals surface area contributed by atoms with Gasteiger partial charge in [-0.25, -0.2) is 4.39 Å². The number of rotatable bonds is 4. The van der Waals surface area contributed by atoms with Gasteiger partial charge in [0, 0.05) is 31.3 Å². The van der Waals surface area contributed by atoms with E-state index in [4.69, 9.17) is 10.5 Å². The minimum atomic E-state index is -0.732. The molecule has 1 aromatic carbocycles. The average molecular weight is 345 g/mol. The smallest absolute Gasteiger partial charge is 0.253 e. The molecule has 4 nitrogen and oxygen atoms in total. The van der Waals surface area contributed by atoms with Crippen molar-refractivity contribution in [2.45, 2.75) is 12.8 Å². The summed E-state index contributed by atoms with van der Waals surface area (Å²) in [6.45, 7) is 2.28. The third kappa shape index (κ3) is 3.30. The van der Waals surface area contributed by atoms with Gasteiger partial charge in [-0.3, -0.25) is 4.79 Å². The molecule has 1 heterocycles. The Morgan fingerprint density at radius 3 is 2.70 bits per heavy atom. The summed E-state index contributed by atoms with van der Waals surface area (Å²) in [6, 6.07) is 3.01. The molecule has 0 unspecified atom stereocenters. The van der Waals surface area contributed by atoms with Gasteiger partial charge in [-0.05, 0) is 30.9 Å². The summed E-state index contributed by atoms with van der Waals surface area (Å²) >= 11 is 3.26. The van der Waals surface area contributed by atoms with Gasteiger partial charge in [0.25, 0.3) is 5.91 Å². The highest BCUT2D eigenvalue weighted by Crippen LogP contribution is 2.31. The van der Waals surface area contributed by atoms with Crippen LogP contribution in [-0.4, -0.2) is 32.7 Å². The van der Waals surface area contributed by atoms with Gasteiger partial charge >= 0.3 is 0 Å². The molecule has 1 aliphatic rings. The standard InChI is InChI=1S/C14H18BrFN2O2/c1-20-8-9-2-4-18(5-3-9)12-7-10(15)6-11(16)13(12)14(17)19/h6-7,9H,2-5,8H2,1H3,(H2,17,19). The molecular weight excluding hydrogens is 327 g/mol. The second-order valence-electron chi connectivity index (χ2n) is 5.03. The lowest BCUT2D eigenvalue weighted by molar-refractivity contribution is 0.0996. The van der Waals surface area contributed by atoms with E-state index in [1.807, 2.05) is 4.90 Å². The predicted molar refractivity (Wildman–Crippen MR) is 79.4 cm³/mol. The van der Waals surface area contributed by atoms with Gasteiger partial charge in [0.15, 0.2) is 0 Å². The zero-order valence-electron chi connectivity index (χ0n) is 11.4. The van der Waals surface area contributed by atoms with Gasteiger partial charge in [0.2, 0.25) is 0 Å². The van der Waals surface area contributed by atoms with Crippen LogP contribution in [0.5, 0.6) is 0 Å². The number of halogens is 2. The van der Waals surface area contributed by atoms with Gasteiger partial charge in [-0.2, -0.15) is 0 Å². The number of amides is 1. The van der Waals surface area contributed by atoms with Gasteiger partial charge in [-0.1, -0.05) is 15.9 Å². The fourth-order valence-corrected chi connectivity index (χ4v) is 3.05. The largest absolute Gasteiger partial charge is 0.384 e. The third-order valence-electron chi connectivity index (χ3n) is 3.64. The molecule has 0 radical (unpaired) electrons. The number of primary amides is 1. The van der Waals surface area contributed by atoms with E-state index in [1.165, 1.54) is 6.07 Å². The number of ether oxygens (including phenoxy) is 1. The van der Waals surface area contributed by atoms with Crippen LogP contribution in [0.1, 0.15) is 23.2 Å². The number of carbonyl (C=O) groups excluding carboxylic acids is 1. The highest BCUT2D eigenvalue weighted by molar-refractivity contribution is 9.10. The van der Waals surface area contributed by atoms with Gasteiger partial charge in [0.1, 0.15) is 5.82 Å². The molecule has 1 aromatic rings. The Balaban J connectivity index is 2.23. The van der Waals surface area contributed by atoms with E-state index in [2.05, 4.69) is 15.9 Å². The fourth-order valence-electron chi connectivity index (χ4n) is 2.63. The van der Waals surface area contributed by atoms with Crippen molar-refractivity contribution in [2.75, 3.05) is 31.7 Å². The summed E-state index contributed by atoms with van der Waals surface area (Å²) < 4.78 is 19.7. The summed E-state index contributed by atoms with van der Waals surface area (Å²) in [5.74, 6) is -0.796. The summed E-state index contributed by atoms with van der Waals surface area (Å²) in [7, 11) is 1.70. The molecule has 6 heteroatoms. The summed E-state index contributed by atoms with van der Waals surface area (Å²) in [6.07, 6.45) is 1.92. The van der Waals surface area contributed by atoms with Crippen molar-refractivity contribution in [2.24, 2.45) is 11.7 Å². The number of hydrogen-bond donors (Lipinski definition) is 1. The van der Waals surface area contributed by atoms with Crippen LogP contribution < -0.4 is 10.6 Å². The molecule has 0 aromatic heterocycles. The molecule has 1 aliphatic heterocycles. The number of hydrogen-bond acceptors (Lipinski definition) is 3. The van der Waals surface area contributed by atoms with Crippen LogP contribution in [0.3, 0.4) is 0 Å². The molecule has 20 heavy (non-hydrogen) atoms. The van der Waals surface area contributed by atoms with Crippen LogP contribution in [0.4, 0.5) is 10.1 Å². The van der Waals surface area contributed by atoms with Crippen LogP contribution in [0.15, 0.2) is 16.6 Å². The van der Waals surface area contributed by atoms with Crippen molar-refractivity contribution >= 4 is 27.5 Å². The molecule has 0 bridgehead atoms. The summed E-state index contributed by atoms with van der Waals surface area (Å²) in [5, 5.41) is 0. The van der Waals surface area contributed by atoms with Crippen molar-refractivity contribution in [1.29, 1.82) is 0 Å². The Morgan fingerprint density at radius 1 is 1.50 bits per heavy atom. The number of carbonyl (C=O) groups is 1. The first-order valence-electron chi connectivity index (χ1n) is 6.55. The highest BCUT2D eigenvalue weighted by atomic mass is 79.9. The Hall–Kier alpha value is -1.14. The normalized spacial score (nSPS) is 16.4. The first kappa shape index (κ1) is 15.3. The van der Waals surface area contributed by atoms with E-state index < -0.39 is 11.7 Å². The topological polar surface area (TPSA) is 55.6 Å². The van der Waals surface area contributed by atoms with E-state index >= 15 is 0 Å². The maximum atomic E-state index is 13.9. The lowest BCUT2D eigenvalue weighted by atomic mass is 9.96. The Morgan fingerprint density at radius 2 is 2.15 bits per heavy atom. The van der Waals surface area contributed by atoms with E-state index in [0.717, 1.165) is 32.5 Å². The second-order valence-corrected chi connectivity index (χ2v) is 5.95. The Kier molecular flexibility index (Phi) is 4.99. The molecule has 1 saturated heterocycles. The number of methoxy groups -OCH3 is 1. The maximum Gasteiger partial charge on any atom is 0.253 e. The number of benzene rings is 1. The van der Waals surface area contributed by atoms with Crippen LogP contribution in [-0.2, 0) is 4.74 Å². The quantitative estimate of drug-likeness (QED) is 0.913. The molecule has 1 fully saturated rings. The van der Waals surface area contributed by atoms with E-state index in [-0.39, 0.29) is 5.56 Å². The van der Waals surface area contributed by atoms with Crippen LogP contribution in [0.25, 0.3) is 0 Å². The first-order valence-corrected chi connectivity index (χ1v) is 7.35. The molecule has 0 aliphatic carbocycles. The third-order valence-corrected chi connectivity index (χ3v) is 4.10. The van der Waals surface area contributed by atoms with Crippen molar-refractivity contribution < 1.29 is 13.9 Å². The lowest BCUT2D eigenvalue weighted by Gasteiger charge is -2.34. The molecular formula is C14H18BrFN2O2. The zero-order chi connectivity index (χ0) is 14.7. The fraction of sp³-hybridized carbons (Fsp3) is 0.500. The molecule has 0 saturated carbocycles. The molecule has 0 spiro atoms. The van der Waals surface area contributed by atoms with E-state index in [1.54, 1.807) is 13.2 Å². The Labute approximate surface area is 126 Å². The number of anilines is 1. The zero-order valence-corrected chi connectivity index (χ0v) is 13.0. The monoisotopic (exact) mass is 344 g/mol. The van der Waals surface area contributed by atoms with Gasteiger partial charge in [0.05, 0.1) is 11.3 Å². The first-order chi connectivity index (χ1) is 9.52. The van der Waals surface area contributed by atoms with Gasteiger partial charge < -0.3 is 15.4 Å². The van der Waals surface area contributed by atoms with Crippen molar-refractivity contribution in [3.8, 4) is 0 Å². The molecule has 110 valence electrons. The summed E-state index contributed by atoms with van der Waals surface area (Å²) in [4.78, 5) is 13.5.